The Morgan fingerprint density at radius 1 is 1.22 bits per heavy atom. The van der Waals surface area contributed by atoms with Gasteiger partial charge in [0.15, 0.2) is 6.54 Å². The lowest BCUT2D eigenvalue weighted by Gasteiger charge is -2.14. The molecule has 0 saturated carbocycles. The first kappa shape index (κ1) is 17.0. The van der Waals surface area contributed by atoms with Gasteiger partial charge in [-0.15, -0.1) is 0 Å². The third-order valence-corrected chi connectivity index (χ3v) is 3.38. The van der Waals surface area contributed by atoms with E-state index in [0.29, 0.717) is 25.4 Å². The Morgan fingerprint density at radius 3 is 2.65 bits per heavy atom. The number of hydrogen-bond donors (Lipinski definition) is 2. The maximum atomic E-state index is 12.8. The van der Waals surface area contributed by atoms with Crippen LogP contribution < -0.4 is 15.0 Å². The molecule has 1 atom stereocenters. The van der Waals surface area contributed by atoms with Crippen molar-refractivity contribution in [2.24, 2.45) is 0 Å². The number of anilines is 1. The summed E-state index contributed by atoms with van der Waals surface area (Å²) in [5.41, 5.74) is 1.75. The first-order chi connectivity index (χ1) is 11.0. The van der Waals surface area contributed by atoms with Crippen LogP contribution in [0.3, 0.4) is 0 Å². The van der Waals surface area contributed by atoms with E-state index < -0.39 is 0 Å². The molecular formula is C18H22FN2O2+. The highest BCUT2D eigenvalue weighted by molar-refractivity contribution is 5.91. The van der Waals surface area contributed by atoms with Gasteiger partial charge in [0.1, 0.15) is 24.7 Å². The maximum absolute atomic E-state index is 12.8. The molecule has 2 aromatic rings. The predicted molar refractivity (Wildman–Crippen MR) is 88.3 cm³/mol. The van der Waals surface area contributed by atoms with Crippen molar-refractivity contribution in [1.29, 1.82) is 0 Å². The molecule has 5 heteroatoms. The number of halogens is 1. The van der Waals surface area contributed by atoms with Crippen LogP contribution in [-0.2, 0) is 4.79 Å². The molecule has 0 fully saturated rings. The van der Waals surface area contributed by atoms with E-state index in [1.165, 1.54) is 12.1 Å². The standard InChI is InChI=1S/C18H21FN2O2/c1-14-4-3-5-17(12-14)23-11-10-21(2)13-18(22)20-16-8-6-15(19)7-9-16/h3-9,12H,10-11,13H2,1-2H3,(H,20,22)/p+1. The molecule has 0 radical (unpaired) electrons. The van der Waals surface area contributed by atoms with Crippen LogP contribution in [0, 0.1) is 12.7 Å². The Hall–Kier alpha value is -2.40. The third-order valence-electron chi connectivity index (χ3n) is 3.38. The fraction of sp³-hybridized carbons (Fsp3) is 0.278. The van der Waals surface area contributed by atoms with Gasteiger partial charge in [-0.05, 0) is 48.9 Å². The molecule has 122 valence electrons. The minimum atomic E-state index is -0.320. The minimum Gasteiger partial charge on any atom is -0.488 e. The van der Waals surface area contributed by atoms with Crippen molar-refractivity contribution in [2.75, 3.05) is 32.1 Å². The number of rotatable bonds is 7. The highest BCUT2D eigenvalue weighted by Crippen LogP contribution is 2.11. The molecule has 0 aliphatic carbocycles. The van der Waals surface area contributed by atoms with Crippen molar-refractivity contribution in [3.8, 4) is 5.75 Å². The second-order valence-corrected chi connectivity index (χ2v) is 5.60. The van der Waals surface area contributed by atoms with Gasteiger partial charge in [0.05, 0.1) is 7.05 Å². The van der Waals surface area contributed by atoms with Gasteiger partial charge in [-0.25, -0.2) is 4.39 Å². The number of nitrogens with one attached hydrogen (secondary N) is 2. The molecule has 4 nitrogen and oxygen atoms in total. The van der Waals surface area contributed by atoms with Gasteiger partial charge in [-0.1, -0.05) is 12.1 Å². The second kappa shape index (κ2) is 8.29. The van der Waals surface area contributed by atoms with Gasteiger partial charge in [-0.3, -0.25) is 4.79 Å². The number of hydrogen-bond acceptors (Lipinski definition) is 2. The number of ether oxygens (including phenoxy) is 1. The molecule has 2 aromatic carbocycles. The van der Waals surface area contributed by atoms with Gasteiger partial charge in [0.2, 0.25) is 0 Å². The summed E-state index contributed by atoms with van der Waals surface area (Å²) >= 11 is 0. The van der Waals surface area contributed by atoms with Crippen molar-refractivity contribution >= 4 is 11.6 Å². The van der Waals surface area contributed by atoms with Crippen molar-refractivity contribution in [3.05, 3.63) is 59.9 Å². The molecule has 0 saturated heterocycles. The number of benzene rings is 2. The quantitative estimate of drug-likeness (QED) is 0.816. The molecule has 0 spiro atoms. The lowest BCUT2D eigenvalue weighted by Crippen LogP contribution is -3.10. The van der Waals surface area contributed by atoms with E-state index in [9.17, 15) is 9.18 Å². The van der Waals surface area contributed by atoms with Crippen LogP contribution in [0.5, 0.6) is 5.75 Å². The highest BCUT2D eigenvalue weighted by atomic mass is 19.1. The number of carbonyl (C=O) groups excluding carboxylic acids is 1. The number of quaternary nitrogens is 1. The van der Waals surface area contributed by atoms with Gasteiger partial charge in [0.25, 0.3) is 5.91 Å². The molecule has 0 bridgehead atoms. The SMILES string of the molecule is Cc1cccc(OCC[NH+](C)CC(=O)Nc2ccc(F)cc2)c1. The average molecular weight is 317 g/mol. The molecule has 1 unspecified atom stereocenters. The lowest BCUT2D eigenvalue weighted by atomic mass is 10.2. The van der Waals surface area contributed by atoms with E-state index in [1.807, 2.05) is 38.2 Å². The number of aryl methyl sites for hydroxylation is 1. The van der Waals surface area contributed by atoms with Crippen molar-refractivity contribution in [1.82, 2.24) is 0 Å². The summed E-state index contributed by atoms with van der Waals surface area (Å²) in [6.45, 7) is 3.60. The molecule has 2 rings (SSSR count). The largest absolute Gasteiger partial charge is 0.488 e. The number of likely N-dealkylation sites (N-methyl/N-ethyl adjacent to an activating group) is 1. The first-order valence-electron chi connectivity index (χ1n) is 7.59. The van der Waals surface area contributed by atoms with E-state index >= 15 is 0 Å². The normalized spacial score (nSPS) is 11.8. The van der Waals surface area contributed by atoms with Crippen molar-refractivity contribution in [3.63, 3.8) is 0 Å². The van der Waals surface area contributed by atoms with Gasteiger partial charge in [0, 0.05) is 5.69 Å². The Morgan fingerprint density at radius 2 is 1.96 bits per heavy atom. The summed E-state index contributed by atoms with van der Waals surface area (Å²) < 4.78 is 18.5. The van der Waals surface area contributed by atoms with Gasteiger partial charge in [-0.2, -0.15) is 0 Å². The summed E-state index contributed by atoms with van der Waals surface area (Å²) in [6, 6.07) is 13.6. The lowest BCUT2D eigenvalue weighted by molar-refractivity contribution is -0.871. The summed E-state index contributed by atoms with van der Waals surface area (Å²) in [4.78, 5) is 13.0. The van der Waals surface area contributed by atoms with E-state index in [1.54, 1.807) is 12.1 Å². The molecule has 0 aromatic heterocycles. The molecule has 0 aliphatic rings. The summed E-state index contributed by atoms with van der Waals surface area (Å²) in [5.74, 6) is 0.414. The zero-order chi connectivity index (χ0) is 16.7. The molecule has 23 heavy (non-hydrogen) atoms. The Bertz CT molecular complexity index is 644. The minimum absolute atomic E-state index is 0.107. The third kappa shape index (κ3) is 6.08. The van der Waals surface area contributed by atoms with Crippen LogP contribution in [0.1, 0.15) is 5.56 Å². The monoisotopic (exact) mass is 317 g/mol. The van der Waals surface area contributed by atoms with Crippen LogP contribution in [-0.4, -0.2) is 32.7 Å². The molecule has 0 aliphatic heterocycles. The molecule has 2 N–H and O–H groups in total. The Balaban J connectivity index is 1.70. The van der Waals surface area contributed by atoms with Crippen LogP contribution in [0.4, 0.5) is 10.1 Å². The molecular weight excluding hydrogens is 295 g/mol. The summed E-state index contributed by atoms with van der Waals surface area (Å²) in [6.07, 6.45) is 0. The Kier molecular flexibility index (Phi) is 6.11. The molecule has 1 amide bonds. The molecule has 0 heterocycles. The summed E-state index contributed by atoms with van der Waals surface area (Å²) in [7, 11) is 1.93. The first-order valence-corrected chi connectivity index (χ1v) is 7.59. The smallest absolute Gasteiger partial charge is 0.279 e. The summed E-state index contributed by atoms with van der Waals surface area (Å²) in [5, 5.41) is 2.75. The van der Waals surface area contributed by atoms with E-state index in [2.05, 4.69) is 5.32 Å². The highest BCUT2D eigenvalue weighted by Gasteiger charge is 2.10. The van der Waals surface area contributed by atoms with E-state index in [4.69, 9.17) is 4.74 Å². The predicted octanol–water partition coefficient (Wildman–Crippen LogP) is 1.67. The van der Waals surface area contributed by atoms with Crippen LogP contribution in [0.25, 0.3) is 0 Å². The second-order valence-electron chi connectivity index (χ2n) is 5.60. The topological polar surface area (TPSA) is 42.8 Å². The fourth-order valence-electron chi connectivity index (χ4n) is 2.15. The zero-order valence-corrected chi connectivity index (χ0v) is 13.4. The average Bonchev–Trinajstić information content (AvgIpc) is 2.49. The van der Waals surface area contributed by atoms with Gasteiger partial charge < -0.3 is 15.0 Å². The Labute approximate surface area is 135 Å². The number of amides is 1. The zero-order valence-electron chi connectivity index (χ0n) is 13.4. The van der Waals surface area contributed by atoms with Crippen LogP contribution in [0.2, 0.25) is 0 Å². The van der Waals surface area contributed by atoms with E-state index in [0.717, 1.165) is 16.2 Å². The number of carbonyl (C=O) groups is 1. The van der Waals surface area contributed by atoms with Gasteiger partial charge >= 0.3 is 0 Å². The fourth-order valence-corrected chi connectivity index (χ4v) is 2.15. The van der Waals surface area contributed by atoms with Crippen molar-refractivity contribution < 1.29 is 18.8 Å². The van der Waals surface area contributed by atoms with Crippen molar-refractivity contribution in [2.45, 2.75) is 6.92 Å². The van der Waals surface area contributed by atoms with Crippen LogP contribution in [0.15, 0.2) is 48.5 Å². The van der Waals surface area contributed by atoms with E-state index in [-0.39, 0.29) is 11.7 Å². The van der Waals surface area contributed by atoms with Crippen LogP contribution >= 0.6 is 0 Å². The maximum Gasteiger partial charge on any atom is 0.279 e.